The number of unbranched alkanes of at least 4 members (excludes halogenated alkanes) is 2. The molecule has 0 unspecified atom stereocenters. The fraction of sp³-hybridized carbons (Fsp3) is 0.556. The van der Waals surface area contributed by atoms with Crippen molar-refractivity contribution in [1.82, 2.24) is 10.2 Å². The smallest absolute Gasteiger partial charge is 0.165 e. The number of hydrogen-bond acceptors (Lipinski definition) is 3. The van der Waals surface area contributed by atoms with Gasteiger partial charge in [-0.1, -0.05) is 24.6 Å². The maximum Gasteiger partial charge on any atom is 0.165 e. The van der Waals surface area contributed by atoms with Crippen LogP contribution in [0.1, 0.15) is 37.3 Å². The average molecular weight is 306 g/mol. The molecule has 0 saturated carbocycles. The molecule has 0 aliphatic carbocycles. The Balaban J connectivity index is 2.18. The summed E-state index contributed by atoms with van der Waals surface area (Å²) in [6, 6.07) is 5.47. The average Bonchev–Trinajstić information content (AvgIpc) is 2.56. The quantitative estimate of drug-likeness (QED) is 0.587. The predicted molar refractivity (Wildman–Crippen MR) is 88.8 cm³/mol. The highest BCUT2D eigenvalue weighted by atomic mass is 19.1. The number of allylic oxidation sites excluding steroid dienone is 1. The van der Waals surface area contributed by atoms with Crippen LogP contribution in [0.25, 0.3) is 0 Å². The Kier molecular flexibility index (Phi) is 6.87. The molecule has 1 aliphatic heterocycles. The van der Waals surface area contributed by atoms with Crippen LogP contribution in [0.3, 0.4) is 0 Å². The van der Waals surface area contributed by atoms with Crippen molar-refractivity contribution in [1.29, 1.82) is 0 Å². The topological polar surface area (TPSA) is 24.5 Å². The highest BCUT2D eigenvalue weighted by Gasteiger charge is 2.25. The summed E-state index contributed by atoms with van der Waals surface area (Å²) < 4.78 is 19.4. The first kappa shape index (κ1) is 17.0. The van der Waals surface area contributed by atoms with E-state index in [2.05, 4.69) is 16.8 Å². The highest BCUT2D eigenvalue weighted by molar-refractivity contribution is 5.37. The van der Waals surface area contributed by atoms with Crippen molar-refractivity contribution in [2.45, 2.75) is 31.7 Å². The second kappa shape index (κ2) is 8.91. The molecule has 1 aromatic rings. The van der Waals surface area contributed by atoms with E-state index >= 15 is 0 Å². The Bertz CT molecular complexity index is 472. The van der Waals surface area contributed by atoms with Gasteiger partial charge >= 0.3 is 0 Å². The number of hydrogen-bond donors (Lipinski definition) is 1. The molecule has 22 heavy (non-hydrogen) atoms. The second-order valence-corrected chi connectivity index (χ2v) is 5.74. The molecule has 1 fully saturated rings. The van der Waals surface area contributed by atoms with Crippen LogP contribution in [-0.2, 0) is 0 Å². The van der Waals surface area contributed by atoms with Gasteiger partial charge in [0.15, 0.2) is 11.6 Å². The van der Waals surface area contributed by atoms with Gasteiger partial charge < -0.3 is 10.1 Å². The molecule has 0 bridgehead atoms. The zero-order valence-corrected chi connectivity index (χ0v) is 13.5. The fourth-order valence-corrected chi connectivity index (χ4v) is 3.16. The van der Waals surface area contributed by atoms with Gasteiger partial charge in [-0.2, -0.15) is 0 Å². The van der Waals surface area contributed by atoms with E-state index in [-0.39, 0.29) is 11.9 Å². The van der Waals surface area contributed by atoms with Gasteiger partial charge in [0.1, 0.15) is 0 Å². The summed E-state index contributed by atoms with van der Waals surface area (Å²) >= 11 is 0. The minimum Gasteiger partial charge on any atom is -0.493 e. The van der Waals surface area contributed by atoms with Gasteiger partial charge in [-0.3, -0.25) is 4.90 Å². The van der Waals surface area contributed by atoms with E-state index in [1.165, 1.54) is 6.07 Å². The van der Waals surface area contributed by atoms with Crippen molar-refractivity contribution >= 4 is 0 Å². The number of halogens is 1. The van der Waals surface area contributed by atoms with Crippen molar-refractivity contribution in [3.05, 3.63) is 42.2 Å². The molecule has 1 aliphatic rings. The van der Waals surface area contributed by atoms with Gasteiger partial charge in [0.2, 0.25) is 0 Å². The van der Waals surface area contributed by atoms with Crippen molar-refractivity contribution in [3.8, 4) is 5.75 Å². The van der Waals surface area contributed by atoms with E-state index in [9.17, 15) is 4.39 Å². The van der Waals surface area contributed by atoms with Crippen LogP contribution < -0.4 is 10.1 Å². The molecule has 4 heteroatoms. The molecule has 1 aromatic carbocycles. The summed E-state index contributed by atoms with van der Waals surface area (Å²) in [5.74, 6) is 0.126. The van der Waals surface area contributed by atoms with E-state index < -0.39 is 0 Å². The maximum absolute atomic E-state index is 14.1. The van der Waals surface area contributed by atoms with Crippen molar-refractivity contribution in [3.63, 3.8) is 0 Å². The summed E-state index contributed by atoms with van der Waals surface area (Å²) in [6.07, 6.45) is 6.26. The fourth-order valence-electron chi connectivity index (χ4n) is 3.16. The van der Waals surface area contributed by atoms with Crippen molar-refractivity contribution in [2.75, 3.05) is 33.3 Å². The minimum atomic E-state index is -0.272. The van der Waals surface area contributed by atoms with Crippen LogP contribution in [0.15, 0.2) is 30.9 Å². The number of piperazine rings is 1. The third kappa shape index (κ3) is 4.31. The maximum atomic E-state index is 14.1. The van der Waals surface area contributed by atoms with E-state index in [0.717, 1.165) is 57.4 Å². The second-order valence-electron chi connectivity index (χ2n) is 5.74. The largest absolute Gasteiger partial charge is 0.493 e. The van der Waals surface area contributed by atoms with E-state index in [1.54, 1.807) is 13.2 Å². The molecule has 0 aromatic heterocycles. The highest BCUT2D eigenvalue weighted by Crippen LogP contribution is 2.35. The molecule has 0 radical (unpaired) electrons. The first-order valence-corrected chi connectivity index (χ1v) is 8.16. The number of nitrogens with one attached hydrogen (secondary N) is 1. The normalized spacial score (nSPS) is 17.2. The molecule has 1 heterocycles. The van der Waals surface area contributed by atoms with Gasteiger partial charge in [-0.25, -0.2) is 4.39 Å². The molecule has 0 spiro atoms. The molecular weight excluding hydrogens is 279 g/mol. The first-order chi connectivity index (χ1) is 10.8. The molecule has 3 nitrogen and oxygen atoms in total. The zero-order chi connectivity index (χ0) is 15.8. The van der Waals surface area contributed by atoms with E-state index in [0.29, 0.717) is 5.75 Å². The SMILES string of the molecule is C=CCCCC[C@H](c1cccc(F)c1OC)N1CCNCC1. The summed E-state index contributed by atoms with van der Waals surface area (Å²) in [6.45, 7) is 7.73. The van der Waals surface area contributed by atoms with Crippen molar-refractivity contribution < 1.29 is 9.13 Å². The number of ether oxygens (including phenoxy) is 1. The summed E-state index contributed by atoms with van der Waals surface area (Å²) in [7, 11) is 1.55. The van der Waals surface area contributed by atoms with Gasteiger partial charge in [-0.15, -0.1) is 6.58 Å². The Morgan fingerprint density at radius 2 is 2.14 bits per heavy atom. The lowest BCUT2D eigenvalue weighted by Crippen LogP contribution is -2.45. The lowest BCUT2D eigenvalue weighted by atomic mass is 9.97. The number of benzene rings is 1. The van der Waals surface area contributed by atoms with E-state index in [4.69, 9.17) is 4.74 Å². The molecule has 1 N–H and O–H groups in total. The van der Waals surface area contributed by atoms with Crippen LogP contribution >= 0.6 is 0 Å². The minimum absolute atomic E-state index is 0.220. The van der Waals surface area contributed by atoms with Crippen LogP contribution in [0, 0.1) is 5.82 Å². The van der Waals surface area contributed by atoms with E-state index in [1.807, 2.05) is 12.1 Å². The number of para-hydroxylation sites is 1. The summed E-state index contributed by atoms with van der Waals surface area (Å²) in [5.41, 5.74) is 0.975. The third-order valence-corrected chi connectivity index (χ3v) is 4.29. The Morgan fingerprint density at radius 1 is 1.36 bits per heavy atom. The third-order valence-electron chi connectivity index (χ3n) is 4.29. The van der Waals surface area contributed by atoms with Crippen LogP contribution in [-0.4, -0.2) is 38.2 Å². The molecule has 122 valence electrons. The Morgan fingerprint density at radius 3 is 2.82 bits per heavy atom. The number of methoxy groups -OCH3 is 1. The molecule has 0 amide bonds. The van der Waals surface area contributed by atoms with Crippen LogP contribution in [0.4, 0.5) is 4.39 Å². The predicted octanol–water partition coefficient (Wildman–Crippen LogP) is 3.53. The number of nitrogens with zero attached hydrogens (tertiary/aromatic N) is 1. The zero-order valence-electron chi connectivity index (χ0n) is 13.5. The molecule has 1 saturated heterocycles. The van der Waals surface area contributed by atoms with Gasteiger partial charge in [0.05, 0.1) is 7.11 Å². The van der Waals surface area contributed by atoms with Gasteiger partial charge in [0.25, 0.3) is 0 Å². The molecular formula is C18H27FN2O. The van der Waals surface area contributed by atoms with Crippen molar-refractivity contribution in [2.24, 2.45) is 0 Å². The lowest BCUT2D eigenvalue weighted by Gasteiger charge is -2.36. The molecule has 1 atom stereocenters. The summed E-state index contributed by atoms with van der Waals surface area (Å²) in [5, 5.41) is 3.38. The van der Waals surface area contributed by atoms with Crippen LogP contribution in [0.2, 0.25) is 0 Å². The monoisotopic (exact) mass is 306 g/mol. The van der Waals surface area contributed by atoms with Gasteiger partial charge in [0, 0.05) is 37.8 Å². The molecule has 2 rings (SSSR count). The summed E-state index contributed by atoms with van der Waals surface area (Å²) in [4.78, 5) is 2.45. The Labute approximate surface area is 133 Å². The lowest BCUT2D eigenvalue weighted by molar-refractivity contribution is 0.159. The van der Waals surface area contributed by atoms with Crippen LogP contribution in [0.5, 0.6) is 5.75 Å². The first-order valence-electron chi connectivity index (χ1n) is 8.16. The standard InChI is InChI=1S/C18H27FN2O/c1-3-4-5-6-10-17(21-13-11-20-12-14-21)15-8-7-9-16(19)18(15)22-2/h3,7-9,17,20H,1,4-6,10-14H2,2H3/t17-/m1/s1. The Hall–Kier alpha value is -1.39. The van der Waals surface area contributed by atoms with Gasteiger partial charge in [-0.05, 0) is 25.3 Å². The number of rotatable bonds is 8.